The van der Waals surface area contributed by atoms with Crippen molar-refractivity contribution in [1.29, 1.82) is 0 Å². The van der Waals surface area contributed by atoms with Crippen LogP contribution in [0.25, 0.3) is 0 Å². The molecule has 4 unspecified atom stereocenters. The monoisotopic (exact) mass is 496 g/mol. The van der Waals surface area contributed by atoms with Gasteiger partial charge < -0.3 is 45.0 Å². The van der Waals surface area contributed by atoms with Crippen molar-refractivity contribution in [3.63, 3.8) is 0 Å². The molecule has 12 nitrogen and oxygen atoms in total. The summed E-state index contributed by atoms with van der Waals surface area (Å²) in [6.07, 6.45) is -0.144. The van der Waals surface area contributed by atoms with Gasteiger partial charge in [0.25, 0.3) is 0 Å². The van der Waals surface area contributed by atoms with Crippen molar-refractivity contribution in [1.82, 2.24) is 0 Å². The maximum Gasteiger partial charge on any atom is 3.00 e. The van der Waals surface area contributed by atoms with Gasteiger partial charge in [-0.15, -0.1) is 0 Å². The number of hydrogen-bond acceptors (Lipinski definition) is 9. The van der Waals surface area contributed by atoms with Gasteiger partial charge in [-0.05, 0) is 19.3 Å². The second kappa shape index (κ2) is 23.4. The van der Waals surface area contributed by atoms with Gasteiger partial charge >= 0.3 is 35.3 Å². The van der Waals surface area contributed by atoms with Crippen molar-refractivity contribution in [2.45, 2.75) is 59.3 Å². The van der Waals surface area contributed by atoms with Crippen LogP contribution >= 0.6 is 9.90 Å². The van der Waals surface area contributed by atoms with Crippen LogP contribution in [0.5, 0.6) is 0 Å². The molecule has 0 fully saturated rings. The Morgan fingerprint density at radius 2 is 0.719 bits per heavy atom. The average molecular weight is 496 g/mol. The molecule has 32 heavy (non-hydrogen) atoms. The van der Waals surface area contributed by atoms with Gasteiger partial charge in [-0.3, -0.25) is 14.4 Å². The Labute approximate surface area is 199 Å². The van der Waals surface area contributed by atoms with Crippen LogP contribution in [0.2, 0.25) is 0 Å². The minimum absolute atomic E-state index is 0. The van der Waals surface area contributed by atoms with E-state index >= 15 is 0 Å². The van der Waals surface area contributed by atoms with Crippen molar-refractivity contribution < 1.29 is 59.4 Å². The van der Waals surface area contributed by atoms with E-state index in [4.69, 9.17) is 15.3 Å². The van der Waals surface area contributed by atoms with Crippen molar-refractivity contribution >= 4 is 63.1 Å². The fourth-order valence-electron chi connectivity index (χ4n) is 1.82. The van der Waals surface area contributed by atoms with Gasteiger partial charge in [0.1, 0.15) is 0 Å². The number of carboxylic acids is 6. The third kappa shape index (κ3) is 25.8. The summed E-state index contributed by atoms with van der Waals surface area (Å²) in [6.45, 7) is 4.84. The quantitative estimate of drug-likeness (QED) is 0.186. The molecule has 0 bridgehead atoms. The van der Waals surface area contributed by atoms with Crippen molar-refractivity contribution in [2.75, 3.05) is 0 Å². The van der Waals surface area contributed by atoms with Crippen LogP contribution in [0.3, 0.4) is 0 Å². The average Bonchev–Trinajstić information content (AvgIpc) is 2.61. The van der Waals surface area contributed by atoms with Gasteiger partial charge in [0.05, 0.1) is 19.3 Å². The first-order valence-corrected chi connectivity index (χ1v) is 9.01. The smallest absolute Gasteiger partial charge is 0.550 e. The minimum Gasteiger partial charge on any atom is -0.550 e. The fourth-order valence-corrected chi connectivity index (χ4v) is 1.82. The molecule has 0 amide bonds. The van der Waals surface area contributed by atoms with E-state index in [1.54, 1.807) is 20.8 Å². The van der Waals surface area contributed by atoms with E-state index in [9.17, 15) is 44.1 Å². The molecule has 0 heterocycles. The maximum absolute atomic E-state index is 10.1. The van der Waals surface area contributed by atoms with Gasteiger partial charge in [-0.25, -0.2) is 0 Å². The molecule has 0 aliphatic heterocycles. The van der Waals surface area contributed by atoms with Crippen molar-refractivity contribution in [3.8, 4) is 0 Å². The van der Waals surface area contributed by atoms with Crippen molar-refractivity contribution in [3.05, 3.63) is 0 Å². The van der Waals surface area contributed by atoms with Crippen LogP contribution < -0.4 is 15.3 Å². The molecule has 0 rings (SSSR count). The zero-order valence-electron chi connectivity index (χ0n) is 18.3. The van der Waals surface area contributed by atoms with Gasteiger partial charge in [0.2, 0.25) is 0 Å². The molecular formula is C18H30AlO12P. The third-order valence-corrected chi connectivity index (χ3v) is 3.74. The Bertz CT molecular complexity index is 516. The number of rotatable bonds is 12. The van der Waals surface area contributed by atoms with E-state index in [1.165, 1.54) is 0 Å². The largest absolute Gasteiger partial charge is 3.00 e. The van der Waals surface area contributed by atoms with Crippen LogP contribution in [-0.4, -0.2) is 68.5 Å². The summed E-state index contributed by atoms with van der Waals surface area (Å²) in [5.41, 5.74) is 0. The molecule has 0 aliphatic rings. The van der Waals surface area contributed by atoms with Crippen LogP contribution in [-0.2, 0) is 28.8 Å². The van der Waals surface area contributed by atoms with E-state index in [-0.39, 0.29) is 46.5 Å². The molecule has 0 radical (unpaired) electrons. The summed E-state index contributed by atoms with van der Waals surface area (Å²) in [6, 6.07) is 0. The fraction of sp³-hybridized carbons (Fsp3) is 0.667. The second-order valence-corrected chi connectivity index (χ2v) is 6.07. The normalized spacial score (nSPS) is 11.7. The summed E-state index contributed by atoms with van der Waals surface area (Å²) < 4.78 is 0. The molecule has 3 N–H and O–H groups in total. The van der Waals surface area contributed by atoms with E-state index < -0.39 is 53.6 Å². The van der Waals surface area contributed by atoms with Gasteiger partial charge in [-0.2, -0.15) is 9.90 Å². The molecule has 0 aromatic rings. The van der Waals surface area contributed by atoms with Crippen LogP contribution in [0, 0.1) is 17.8 Å². The summed E-state index contributed by atoms with van der Waals surface area (Å²) in [5, 5.41) is 54.8. The molecule has 0 aliphatic carbocycles. The molecule has 14 heteroatoms. The Morgan fingerprint density at radius 1 is 0.562 bits per heavy atom. The summed E-state index contributed by atoms with van der Waals surface area (Å²) in [4.78, 5) is 60.2. The molecule has 0 saturated carbocycles. The molecule has 0 aromatic carbocycles. The van der Waals surface area contributed by atoms with E-state index in [1.807, 2.05) is 0 Å². The van der Waals surface area contributed by atoms with Gasteiger partial charge in [0, 0.05) is 35.7 Å². The van der Waals surface area contributed by atoms with Gasteiger partial charge in [-0.1, -0.05) is 20.8 Å². The number of carboxylic acid groups (broad SMARTS) is 6. The van der Waals surface area contributed by atoms with Gasteiger partial charge in [0.15, 0.2) is 0 Å². The first kappa shape index (κ1) is 40.2. The Morgan fingerprint density at radius 3 is 0.750 bits per heavy atom. The van der Waals surface area contributed by atoms with E-state index in [0.717, 1.165) is 0 Å². The molecule has 0 aromatic heterocycles. The van der Waals surface area contributed by atoms with Crippen molar-refractivity contribution in [2.24, 2.45) is 17.8 Å². The Balaban J connectivity index is -0.000000110. The Hall–Kier alpha value is -2.22. The molecule has 0 spiro atoms. The first-order chi connectivity index (χ1) is 13.7. The van der Waals surface area contributed by atoms with E-state index in [2.05, 4.69) is 0 Å². The molecule has 0 saturated heterocycles. The minimum atomic E-state index is -1.29. The number of carbonyl (C=O) groups is 6. The van der Waals surface area contributed by atoms with E-state index in [0.29, 0.717) is 19.3 Å². The van der Waals surface area contributed by atoms with Crippen LogP contribution in [0.15, 0.2) is 0 Å². The molecule has 4 atom stereocenters. The standard InChI is InChI=1S/3C6H10O4.Al.H3P/c3*1-2-4(6(9)10)3-5(7)8;;/h3*4H,2-3H2,1H3,(H,7,8)(H,9,10);;1H3/q;;;+3;/p-3. The molecular weight excluding hydrogens is 466 g/mol. The third-order valence-electron chi connectivity index (χ3n) is 3.74. The zero-order valence-corrected chi connectivity index (χ0v) is 20.8. The zero-order chi connectivity index (χ0) is 24.4. The molecule has 182 valence electrons. The topological polar surface area (TPSA) is 232 Å². The summed E-state index contributed by atoms with van der Waals surface area (Å²) in [7, 11) is 0. The predicted molar refractivity (Wildman–Crippen MR) is 110 cm³/mol. The Kier molecular flexibility index (Phi) is 29.4. The van der Waals surface area contributed by atoms with Crippen LogP contribution in [0.4, 0.5) is 0 Å². The second-order valence-electron chi connectivity index (χ2n) is 6.07. The first-order valence-electron chi connectivity index (χ1n) is 9.01. The predicted octanol–water partition coefficient (Wildman–Crippen LogP) is -2.61. The number of carbonyl (C=O) groups excluding carboxylic acids is 3. The number of aliphatic carboxylic acids is 6. The summed E-state index contributed by atoms with van der Waals surface area (Å²) >= 11 is 0. The van der Waals surface area contributed by atoms with Crippen LogP contribution in [0.1, 0.15) is 59.3 Å². The SMILES string of the molecule is CCC(CC(=O)O)C(=O)[O-].CCC(CC(=O)O)C(=O)[O-].CCC(CC(=O)O)C(=O)[O-].P.[Al+3]. The summed E-state index contributed by atoms with van der Waals surface area (Å²) in [5.74, 6) is -9.71. The number of hydrogen-bond donors (Lipinski definition) is 3. The maximum atomic E-state index is 10.1.